The smallest absolute Gasteiger partial charge is 0.543 e. The Morgan fingerprint density at radius 1 is 1.53 bits per heavy atom. The minimum Gasteiger partial charge on any atom is -0.543 e. The number of aliphatic carboxylic acids is 1. The first kappa shape index (κ1) is 14.3. The zero-order chi connectivity index (χ0) is 12.7. The third kappa shape index (κ3) is 2.34. The Balaban J connectivity index is 0.00000133. The number of rotatable bonds is 2. The molecular weight excluding hydrogens is 277 g/mol. The summed E-state index contributed by atoms with van der Waals surface area (Å²) >= 11 is 1.27. The van der Waals surface area contributed by atoms with Gasteiger partial charge in [-0.25, -0.2) is 9.97 Å². The molecule has 8 heteroatoms. The standard InChI is InChI=1S/C11H7N3O3S.Na/c15-9-7(3-6-1-2-12-5-13-6)10-14(9)8(4-18-10)11(16)17;/h1-5,10H,(H,16,17);/q;+1/p-1. The van der Waals surface area contributed by atoms with Gasteiger partial charge in [0.15, 0.2) is 0 Å². The Morgan fingerprint density at radius 2 is 2.32 bits per heavy atom. The Kier molecular flexibility index (Phi) is 4.10. The largest absolute Gasteiger partial charge is 1.00 e. The van der Waals surface area contributed by atoms with Gasteiger partial charge in [0.2, 0.25) is 0 Å². The molecule has 1 aromatic heterocycles. The van der Waals surface area contributed by atoms with Crippen molar-refractivity contribution >= 4 is 29.7 Å². The van der Waals surface area contributed by atoms with Gasteiger partial charge in [-0.15, -0.1) is 11.8 Å². The van der Waals surface area contributed by atoms with Crippen LogP contribution in [0.3, 0.4) is 0 Å². The number of thioether (sulfide) groups is 1. The third-order valence-electron chi connectivity index (χ3n) is 2.65. The van der Waals surface area contributed by atoms with E-state index in [0.29, 0.717) is 11.3 Å². The molecule has 2 aliphatic rings. The van der Waals surface area contributed by atoms with E-state index in [1.807, 2.05) is 0 Å². The van der Waals surface area contributed by atoms with Crippen LogP contribution in [-0.2, 0) is 9.59 Å². The SMILES string of the molecule is O=C([O-])C1=CSC2C(=Cc3ccncn3)C(=O)N12.[Na+]. The molecule has 1 atom stereocenters. The number of fused-ring (bicyclic) bond motifs is 1. The molecule has 3 heterocycles. The van der Waals surface area contributed by atoms with E-state index in [9.17, 15) is 14.7 Å². The first-order valence-electron chi connectivity index (χ1n) is 5.06. The Morgan fingerprint density at radius 3 is 2.95 bits per heavy atom. The summed E-state index contributed by atoms with van der Waals surface area (Å²) in [4.78, 5) is 31.6. The molecule has 1 aromatic rings. The van der Waals surface area contributed by atoms with Gasteiger partial charge in [-0.1, -0.05) is 0 Å². The van der Waals surface area contributed by atoms with Crippen molar-refractivity contribution in [3.05, 3.63) is 41.0 Å². The minimum absolute atomic E-state index is 0. The summed E-state index contributed by atoms with van der Waals surface area (Å²) < 4.78 is 0. The maximum Gasteiger partial charge on any atom is 1.00 e. The van der Waals surface area contributed by atoms with Crippen LogP contribution in [0, 0.1) is 0 Å². The maximum atomic E-state index is 11.8. The second-order valence-electron chi connectivity index (χ2n) is 3.69. The molecule has 1 saturated heterocycles. The van der Waals surface area contributed by atoms with Gasteiger partial charge < -0.3 is 9.90 Å². The van der Waals surface area contributed by atoms with Crippen molar-refractivity contribution in [3.63, 3.8) is 0 Å². The molecular formula is C11H6N3NaO3S. The molecule has 0 spiro atoms. The monoisotopic (exact) mass is 283 g/mol. The summed E-state index contributed by atoms with van der Waals surface area (Å²) in [6.07, 6.45) is 4.61. The summed E-state index contributed by atoms with van der Waals surface area (Å²) in [5.41, 5.74) is 1.08. The molecule has 0 radical (unpaired) electrons. The summed E-state index contributed by atoms with van der Waals surface area (Å²) in [7, 11) is 0. The van der Waals surface area contributed by atoms with Gasteiger partial charge in [0.05, 0.1) is 22.9 Å². The molecule has 6 nitrogen and oxygen atoms in total. The summed E-state index contributed by atoms with van der Waals surface area (Å²) in [6.45, 7) is 0. The normalized spacial score (nSPS) is 22.4. The number of aromatic nitrogens is 2. The van der Waals surface area contributed by atoms with E-state index >= 15 is 0 Å². The van der Waals surface area contributed by atoms with Crippen molar-refractivity contribution in [3.8, 4) is 0 Å². The average Bonchev–Trinajstić information content (AvgIpc) is 2.77. The Hall–Kier alpha value is -1.15. The van der Waals surface area contributed by atoms with E-state index in [1.54, 1.807) is 18.3 Å². The molecule has 90 valence electrons. The van der Waals surface area contributed by atoms with Crippen LogP contribution >= 0.6 is 11.8 Å². The number of carbonyl (C=O) groups is 2. The molecule has 1 unspecified atom stereocenters. The molecule has 0 aliphatic carbocycles. The molecule has 1 amide bonds. The van der Waals surface area contributed by atoms with Crippen LogP contribution < -0.4 is 34.7 Å². The van der Waals surface area contributed by atoms with Crippen molar-refractivity contribution in [2.75, 3.05) is 0 Å². The molecule has 3 rings (SSSR count). The predicted octanol–water partition coefficient (Wildman–Crippen LogP) is -3.63. The van der Waals surface area contributed by atoms with Crippen molar-refractivity contribution in [2.45, 2.75) is 5.37 Å². The van der Waals surface area contributed by atoms with Crippen molar-refractivity contribution in [1.82, 2.24) is 14.9 Å². The summed E-state index contributed by atoms with van der Waals surface area (Å²) in [5.74, 6) is -1.65. The van der Waals surface area contributed by atoms with E-state index in [2.05, 4.69) is 9.97 Å². The predicted molar refractivity (Wildman–Crippen MR) is 61.3 cm³/mol. The van der Waals surface area contributed by atoms with Gasteiger partial charge in [-0.3, -0.25) is 9.69 Å². The molecule has 0 N–H and O–H groups in total. The number of β-lactam (4-membered cyclic amide) rings is 1. The number of hydrogen-bond acceptors (Lipinski definition) is 6. The number of hydrogen-bond donors (Lipinski definition) is 0. The van der Waals surface area contributed by atoms with Gasteiger partial charge in [-0.05, 0) is 17.6 Å². The maximum absolute atomic E-state index is 11.8. The molecule has 0 aromatic carbocycles. The molecule has 2 aliphatic heterocycles. The quantitative estimate of drug-likeness (QED) is 0.316. The molecule has 0 saturated carbocycles. The van der Waals surface area contributed by atoms with Crippen molar-refractivity contribution in [1.29, 1.82) is 0 Å². The topological polar surface area (TPSA) is 86.2 Å². The van der Waals surface area contributed by atoms with E-state index < -0.39 is 5.97 Å². The van der Waals surface area contributed by atoms with Gasteiger partial charge in [0, 0.05) is 6.20 Å². The van der Waals surface area contributed by atoms with Crippen molar-refractivity contribution < 1.29 is 44.3 Å². The number of carbonyl (C=O) groups excluding carboxylic acids is 2. The van der Waals surface area contributed by atoms with Crippen molar-refractivity contribution in [2.24, 2.45) is 0 Å². The van der Waals surface area contributed by atoms with E-state index in [-0.39, 0.29) is 46.5 Å². The summed E-state index contributed by atoms with van der Waals surface area (Å²) in [6, 6.07) is 1.68. The van der Waals surface area contributed by atoms with Crippen LogP contribution in [0.5, 0.6) is 0 Å². The molecule has 1 fully saturated rings. The second kappa shape index (κ2) is 5.46. The van der Waals surface area contributed by atoms with Gasteiger partial charge in [0.1, 0.15) is 11.7 Å². The van der Waals surface area contributed by atoms with Gasteiger partial charge >= 0.3 is 29.6 Å². The van der Waals surface area contributed by atoms with Gasteiger partial charge in [0.25, 0.3) is 5.91 Å². The fourth-order valence-electron chi connectivity index (χ4n) is 1.80. The zero-order valence-electron chi connectivity index (χ0n) is 9.94. The van der Waals surface area contributed by atoms with Crippen LogP contribution in [0.1, 0.15) is 5.69 Å². The summed E-state index contributed by atoms with van der Waals surface area (Å²) in [5, 5.41) is 11.9. The fraction of sp³-hybridized carbons (Fsp3) is 0.0909. The molecule has 19 heavy (non-hydrogen) atoms. The van der Waals surface area contributed by atoms with Gasteiger partial charge in [-0.2, -0.15) is 0 Å². The zero-order valence-corrected chi connectivity index (χ0v) is 12.8. The van der Waals surface area contributed by atoms with E-state index in [0.717, 1.165) is 0 Å². The first-order chi connectivity index (χ1) is 8.68. The Labute approximate surface area is 134 Å². The number of carboxylic acid groups (broad SMARTS) is 1. The number of nitrogens with zero attached hydrogens (tertiary/aromatic N) is 3. The Bertz CT molecular complexity index is 602. The van der Waals surface area contributed by atoms with Crippen LogP contribution in [0.15, 0.2) is 35.3 Å². The minimum atomic E-state index is -1.33. The average molecular weight is 283 g/mol. The van der Waals surface area contributed by atoms with Crippen LogP contribution in [-0.4, -0.2) is 32.1 Å². The number of carboxylic acids is 1. The first-order valence-corrected chi connectivity index (χ1v) is 6.01. The fourth-order valence-corrected chi connectivity index (χ4v) is 2.92. The van der Waals surface area contributed by atoms with Crippen LogP contribution in [0.25, 0.3) is 6.08 Å². The molecule has 0 bridgehead atoms. The van der Waals surface area contributed by atoms with E-state index in [1.165, 1.54) is 28.4 Å². The van der Waals surface area contributed by atoms with E-state index in [4.69, 9.17) is 0 Å². The van der Waals surface area contributed by atoms with Crippen LogP contribution in [0.2, 0.25) is 0 Å². The third-order valence-corrected chi connectivity index (χ3v) is 3.73. The number of amides is 1. The second-order valence-corrected chi connectivity index (χ2v) is 4.64. The van der Waals surface area contributed by atoms with Crippen LogP contribution in [0.4, 0.5) is 0 Å².